The molecule has 0 radical (unpaired) electrons. The largest absolute Gasteiger partial charge is 0.391 e. The number of hydrogen-bond donors (Lipinski definition) is 3. The third-order valence-corrected chi connectivity index (χ3v) is 3.50. The lowest BCUT2D eigenvalue weighted by Gasteiger charge is -2.31. The molecule has 0 bridgehead atoms. The van der Waals surface area contributed by atoms with Crippen molar-refractivity contribution < 1.29 is 5.11 Å². The first-order valence-electron chi connectivity index (χ1n) is 7.16. The van der Waals surface area contributed by atoms with Crippen LogP contribution in [0.3, 0.4) is 0 Å². The number of β-amino-alcohol motifs (C(OH)–C–C–N with tert-alkyl or cyclic N) is 1. The van der Waals surface area contributed by atoms with E-state index in [4.69, 9.17) is 0 Å². The quantitative estimate of drug-likeness (QED) is 0.776. The van der Waals surface area contributed by atoms with Gasteiger partial charge in [0, 0.05) is 19.6 Å². The van der Waals surface area contributed by atoms with Gasteiger partial charge in [0.1, 0.15) is 5.52 Å². The molecule has 1 aliphatic rings. The molecular weight excluding hydrogens is 256 g/mol. The monoisotopic (exact) mass is 276 g/mol. The highest BCUT2D eigenvalue weighted by Gasteiger charge is 2.22. The van der Waals surface area contributed by atoms with Gasteiger partial charge >= 0.3 is 0 Å². The summed E-state index contributed by atoms with van der Waals surface area (Å²) in [6.07, 6.45) is 4.18. The fourth-order valence-corrected chi connectivity index (χ4v) is 2.51. The highest BCUT2D eigenvalue weighted by atomic mass is 16.3. The molecule has 108 valence electrons. The second kappa shape index (κ2) is 5.62. The van der Waals surface area contributed by atoms with E-state index in [-0.39, 0.29) is 6.10 Å². The maximum atomic E-state index is 9.85. The Balaban J connectivity index is 1.96. The normalized spacial score (nSPS) is 19.5. The number of aromatic nitrogens is 4. The topological polar surface area (TPSA) is 90.0 Å². The highest BCUT2D eigenvalue weighted by molar-refractivity contribution is 5.84. The standard InChI is InChI=1S/C13H20N6O/c1-2-5-14-13-17-11-10(15-8-16-11)12(18-13)19-6-3-4-9(20)7-19/h8-9,20H,2-7H2,1H3,(H2,14,15,16,17,18). The summed E-state index contributed by atoms with van der Waals surface area (Å²) in [7, 11) is 0. The molecule has 2 aromatic rings. The molecule has 0 aliphatic carbocycles. The summed E-state index contributed by atoms with van der Waals surface area (Å²) in [4.78, 5) is 18.4. The van der Waals surface area contributed by atoms with Crippen LogP contribution in [0.1, 0.15) is 26.2 Å². The zero-order valence-electron chi connectivity index (χ0n) is 11.6. The summed E-state index contributed by atoms with van der Waals surface area (Å²) in [5, 5.41) is 13.0. The molecule has 20 heavy (non-hydrogen) atoms. The first kappa shape index (κ1) is 13.1. The number of aromatic amines is 1. The fourth-order valence-electron chi connectivity index (χ4n) is 2.51. The number of nitrogens with one attached hydrogen (secondary N) is 2. The van der Waals surface area contributed by atoms with Gasteiger partial charge in [-0.25, -0.2) is 4.98 Å². The molecule has 0 aromatic carbocycles. The first-order valence-corrected chi connectivity index (χ1v) is 7.16. The number of rotatable bonds is 4. The van der Waals surface area contributed by atoms with Gasteiger partial charge in [0.25, 0.3) is 0 Å². The van der Waals surface area contributed by atoms with Gasteiger partial charge in [-0.05, 0) is 19.3 Å². The summed E-state index contributed by atoms with van der Waals surface area (Å²) in [5.74, 6) is 1.42. The second-order valence-electron chi connectivity index (χ2n) is 5.14. The predicted octanol–water partition coefficient (Wildman–Crippen LogP) is 1.14. The fraction of sp³-hybridized carbons (Fsp3) is 0.615. The second-order valence-corrected chi connectivity index (χ2v) is 5.14. The average molecular weight is 276 g/mol. The molecule has 2 aromatic heterocycles. The Labute approximate surface area is 117 Å². The molecular formula is C13H20N6O. The van der Waals surface area contributed by atoms with Gasteiger partial charge in [-0.3, -0.25) is 0 Å². The van der Waals surface area contributed by atoms with Gasteiger partial charge in [-0.1, -0.05) is 6.92 Å². The lowest BCUT2D eigenvalue weighted by atomic mass is 10.1. The van der Waals surface area contributed by atoms with Crippen LogP contribution in [0.5, 0.6) is 0 Å². The van der Waals surface area contributed by atoms with Crippen LogP contribution < -0.4 is 10.2 Å². The Hall–Kier alpha value is -1.89. The van der Waals surface area contributed by atoms with Crippen LogP contribution in [0.4, 0.5) is 11.8 Å². The molecule has 0 amide bonds. The van der Waals surface area contributed by atoms with E-state index in [1.54, 1.807) is 6.33 Å². The molecule has 1 atom stereocenters. The van der Waals surface area contributed by atoms with Crippen molar-refractivity contribution in [3.05, 3.63) is 6.33 Å². The van der Waals surface area contributed by atoms with Crippen LogP contribution in [0.15, 0.2) is 6.33 Å². The van der Waals surface area contributed by atoms with E-state index in [2.05, 4.69) is 37.1 Å². The van der Waals surface area contributed by atoms with Crippen molar-refractivity contribution in [1.82, 2.24) is 19.9 Å². The number of nitrogens with zero attached hydrogens (tertiary/aromatic N) is 4. The van der Waals surface area contributed by atoms with E-state index in [1.165, 1.54) is 0 Å². The summed E-state index contributed by atoms with van der Waals surface area (Å²) < 4.78 is 0. The molecule has 0 saturated carbocycles. The Morgan fingerprint density at radius 2 is 2.40 bits per heavy atom. The Kier molecular flexibility index (Phi) is 3.68. The zero-order chi connectivity index (χ0) is 13.9. The Bertz CT molecular complexity index is 583. The Morgan fingerprint density at radius 1 is 1.50 bits per heavy atom. The van der Waals surface area contributed by atoms with Crippen molar-refractivity contribution in [2.45, 2.75) is 32.3 Å². The number of aliphatic hydroxyl groups is 1. The molecule has 3 N–H and O–H groups in total. The molecule has 1 fully saturated rings. The number of hydrogen-bond acceptors (Lipinski definition) is 6. The minimum atomic E-state index is -0.288. The van der Waals surface area contributed by atoms with Gasteiger partial charge < -0.3 is 20.3 Å². The highest BCUT2D eigenvalue weighted by Crippen LogP contribution is 2.25. The smallest absolute Gasteiger partial charge is 0.226 e. The lowest BCUT2D eigenvalue weighted by molar-refractivity contribution is 0.154. The minimum Gasteiger partial charge on any atom is -0.391 e. The number of aliphatic hydroxyl groups excluding tert-OH is 1. The third-order valence-electron chi connectivity index (χ3n) is 3.50. The number of H-pyrrole nitrogens is 1. The Morgan fingerprint density at radius 3 is 3.20 bits per heavy atom. The van der Waals surface area contributed by atoms with Gasteiger partial charge in [-0.2, -0.15) is 9.97 Å². The number of fused-ring (bicyclic) bond motifs is 1. The van der Waals surface area contributed by atoms with Crippen LogP contribution >= 0.6 is 0 Å². The SMILES string of the molecule is CCCNc1nc(N2CCCC(O)C2)c2[nH]cnc2n1. The predicted molar refractivity (Wildman–Crippen MR) is 77.9 cm³/mol. The molecule has 1 saturated heterocycles. The maximum absolute atomic E-state index is 9.85. The number of piperidine rings is 1. The maximum Gasteiger partial charge on any atom is 0.226 e. The minimum absolute atomic E-state index is 0.288. The molecule has 7 nitrogen and oxygen atoms in total. The molecule has 1 unspecified atom stereocenters. The van der Waals surface area contributed by atoms with E-state index in [0.29, 0.717) is 18.1 Å². The van der Waals surface area contributed by atoms with E-state index < -0.39 is 0 Å². The van der Waals surface area contributed by atoms with Crippen LogP contribution in [0.25, 0.3) is 11.2 Å². The van der Waals surface area contributed by atoms with Gasteiger partial charge in [0.15, 0.2) is 11.5 Å². The average Bonchev–Trinajstić information content (AvgIpc) is 2.92. The van der Waals surface area contributed by atoms with Gasteiger partial charge in [0.2, 0.25) is 5.95 Å². The van der Waals surface area contributed by atoms with Crippen molar-refractivity contribution >= 4 is 22.9 Å². The zero-order valence-corrected chi connectivity index (χ0v) is 11.6. The van der Waals surface area contributed by atoms with Crippen LogP contribution in [-0.4, -0.2) is 50.8 Å². The van der Waals surface area contributed by atoms with Crippen LogP contribution in [0.2, 0.25) is 0 Å². The summed E-state index contributed by atoms with van der Waals surface area (Å²) in [6, 6.07) is 0. The van der Waals surface area contributed by atoms with Crippen molar-refractivity contribution in [2.75, 3.05) is 29.9 Å². The van der Waals surface area contributed by atoms with E-state index >= 15 is 0 Å². The number of imidazole rings is 1. The third kappa shape index (κ3) is 2.53. The van der Waals surface area contributed by atoms with Crippen molar-refractivity contribution in [3.8, 4) is 0 Å². The molecule has 3 heterocycles. The van der Waals surface area contributed by atoms with Crippen LogP contribution in [-0.2, 0) is 0 Å². The summed E-state index contributed by atoms with van der Waals surface area (Å²) in [5.41, 5.74) is 1.50. The molecule has 0 spiro atoms. The van der Waals surface area contributed by atoms with Crippen LogP contribution in [0, 0.1) is 0 Å². The molecule has 1 aliphatic heterocycles. The lowest BCUT2D eigenvalue weighted by Crippen LogP contribution is -2.39. The van der Waals surface area contributed by atoms with Crippen molar-refractivity contribution in [3.63, 3.8) is 0 Å². The summed E-state index contributed by atoms with van der Waals surface area (Å²) in [6.45, 7) is 4.44. The van der Waals surface area contributed by atoms with E-state index in [1.807, 2.05) is 0 Å². The van der Waals surface area contributed by atoms with Crippen molar-refractivity contribution in [1.29, 1.82) is 0 Å². The van der Waals surface area contributed by atoms with Gasteiger partial charge in [-0.15, -0.1) is 0 Å². The molecule has 3 rings (SSSR count). The van der Waals surface area contributed by atoms with E-state index in [9.17, 15) is 5.11 Å². The van der Waals surface area contributed by atoms with E-state index in [0.717, 1.165) is 43.7 Å². The summed E-state index contributed by atoms with van der Waals surface area (Å²) >= 11 is 0. The first-order chi connectivity index (χ1) is 9.78. The van der Waals surface area contributed by atoms with Crippen molar-refractivity contribution in [2.24, 2.45) is 0 Å². The van der Waals surface area contributed by atoms with Gasteiger partial charge in [0.05, 0.1) is 12.4 Å². The molecule has 7 heteroatoms. The number of anilines is 2.